The highest BCUT2D eigenvalue weighted by Crippen LogP contribution is 2.39. The topological polar surface area (TPSA) is 127 Å². The number of ether oxygens (including phenoxy) is 1. The van der Waals surface area contributed by atoms with Crippen LogP contribution in [-0.4, -0.2) is 19.7 Å². The van der Waals surface area contributed by atoms with Crippen LogP contribution in [0.2, 0.25) is 10.0 Å². The van der Waals surface area contributed by atoms with E-state index in [4.69, 9.17) is 37.6 Å². The van der Waals surface area contributed by atoms with Gasteiger partial charge in [-0.05, 0) is 61.0 Å². The van der Waals surface area contributed by atoms with Crippen LogP contribution in [0.1, 0.15) is 11.3 Å². The molecule has 3 heterocycles. The molecule has 0 saturated carbocycles. The van der Waals surface area contributed by atoms with Crippen molar-refractivity contribution >= 4 is 34.1 Å². The number of nitriles is 1. The Morgan fingerprint density at radius 1 is 1.11 bits per heavy atom. The van der Waals surface area contributed by atoms with Gasteiger partial charge < -0.3 is 9.15 Å². The van der Waals surface area contributed by atoms with Gasteiger partial charge in [0.15, 0.2) is 11.5 Å². The lowest BCUT2D eigenvalue weighted by Gasteiger charge is -2.13. The molecule has 0 bridgehead atoms. The van der Waals surface area contributed by atoms with E-state index >= 15 is 0 Å². The van der Waals surface area contributed by atoms with Crippen LogP contribution >= 0.6 is 23.2 Å². The molecule has 0 aliphatic rings. The first-order valence-electron chi connectivity index (χ1n) is 10.1. The van der Waals surface area contributed by atoms with Crippen molar-refractivity contribution in [3.8, 4) is 34.7 Å². The number of fused-ring (bicyclic) bond motifs is 1. The quantitative estimate of drug-likeness (QED) is 0.363. The molecule has 172 valence electrons. The smallest absolute Gasteiger partial charge is 0.349 e. The van der Waals surface area contributed by atoms with Crippen molar-refractivity contribution in [3.63, 3.8) is 0 Å². The maximum absolute atomic E-state index is 12.2. The van der Waals surface area contributed by atoms with E-state index in [2.05, 4.69) is 10.1 Å². The highest BCUT2D eigenvalue weighted by molar-refractivity contribution is 6.37. The van der Waals surface area contributed by atoms with Crippen LogP contribution in [0.25, 0.3) is 28.0 Å². The number of nitrogens with zero attached hydrogens (tertiary/aromatic N) is 4. The zero-order valence-corrected chi connectivity index (χ0v) is 19.4. The van der Waals surface area contributed by atoms with Crippen LogP contribution < -0.4 is 16.0 Å². The number of aromatic nitrogens is 4. The van der Waals surface area contributed by atoms with Gasteiger partial charge in [-0.3, -0.25) is 9.78 Å². The fourth-order valence-electron chi connectivity index (χ4n) is 3.52. The zero-order valence-electron chi connectivity index (χ0n) is 17.9. The lowest BCUT2D eigenvalue weighted by Crippen LogP contribution is -2.33. The van der Waals surface area contributed by atoms with Gasteiger partial charge in [0.2, 0.25) is 5.69 Å². The molecule has 1 N–H and O–H groups in total. The number of furan rings is 1. The van der Waals surface area contributed by atoms with Crippen LogP contribution in [0.3, 0.4) is 0 Å². The second-order valence-electron chi connectivity index (χ2n) is 7.45. The number of benzene rings is 2. The third-order valence-electron chi connectivity index (χ3n) is 5.14. The number of aryl methyl sites for hydroxylation is 1. The highest BCUT2D eigenvalue weighted by atomic mass is 35.5. The molecule has 0 aliphatic heterocycles. The SMILES string of the molecule is Cc1cc(-c2ccco2)nc2ccc(Oc3c(Cl)cc(-n4nc(C#N)c(=O)[nH]c4=O)cc3Cl)cc12. The Labute approximate surface area is 206 Å². The van der Waals surface area contributed by atoms with E-state index in [0.717, 1.165) is 26.8 Å². The molecule has 0 aliphatic carbocycles. The summed E-state index contributed by atoms with van der Waals surface area (Å²) in [6.45, 7) is 1.96. The predicted molar refractivity (Wildman–Crippen MR) is 129 cm³/mol. The van der Waals surface area contributed by atoms with E-state index in [1.807, 2.05) is 36.2 Å². The molecule has 2 aromatic carbocycles. The molecule has 0 saturated heterocycles. The van der Waals surface area contributed by atoms with Gasteiger partial charge in [0, 0.05) is 5.39 Å². The Bertz CT molecular complexity index is 1750. The number of pyridine rings is 1. The van der Waals surface area contributed by atoms with Gasteiger partial charge in [0.05, 0.1) is 27.5 Å². The standard InChI is InChI=1S/C24H13Cl2N5O4/c1-12-7-19(21-3-2-6-34-21)28-18-5-4-14(10-15(12)18)35-22-16(25)8-13(9-17(22)26)31-24(33)29-23(32)20(11-27)30-31/h2-10H,1H3,(H,29,32,33). The molecular formula is C24H13Cl2N5O4. The first-order valence-corrected chi connectivity index (χ1v) is 10.9. The fourth-order valence-corrected chi connectivity index (χ4v) is 4.07. The van der Waals surface area contributed by atoms with Gasteiger partial charge in [-0.2, -0.15) is 9.94 Å². The van der Waals surface area contributed by atoms with Crippen molar-refractivity contribution in [2.45, 2.75) is 6.92 Å². The summed E-state index contributed by atoms with van der Waals surface area (Å²) >= 11 is 12.8. The second-order valence-corrected chi connectivity index (χ2v) is 8.27. The third kappa shape index (κ3) is 4.17. The molecule has 5 rings (SSSR count). The molecule has 9 nitrogen and oxygen atoms in total. The van der Waals surface area contributed by atoms with Gasteiger partial charge in [-0.1, -0.05) is 23.2 Å². The van der Waals surface area contributed by atoms with Crippen molar-refractivity contribution < 1.29 is 9.15 Å². The van der Waals surface area contributed by atoms with Crippen LogP contribution in [0.4, 0.5) is 0 Å². The molecule has 0 atom stereocenters. The maximum atomic E-state index is 12.2. The second kappa shape index (κ2) is 8.76. The number of aromatic amines is 1. The summed E-state index contributed by atoms with van der Waals surface area (Å²) in [5.41, 5.74) is 0.386. The van der Waals surface area contributed by atoms with Gasteiger partial charge in [0.25, 0.3) is 5.56 Å². The lowest BCUT2D eigenvalue weighted by atomic mass is 10.1. The Morgan fingerprint density at radius 2 is 1.89 bits per heavy atom. The molecule has 0 spiro atoms. The number of halogens is 2. The van der Waals surface area contributed by atoms with Gasteiger partial charge in [0.1, 0.15) is 17.5 Å². The van der Waals surface area contributed by atoms with Crippen LogP contribution in [0.5, 0.6) is 11.5 Å². The molecule has 35 heavy (non-hydrogen) atoms. The first kappa shape index (κ1) is 22.4. The molecule has 0 fully saturated rings. The number of hydrogen-bond acceptors (Lipinski definition) is 7. The maximum Gasteiger partial charge on any atom is 0.349 e. The Morgan fingerprint density at radius 3 is 2.57 bits per heavy atom. The van der Waals surface area contributed by atoms with Crippen molar-refractivity contribution in [1.82, 2.24) is 19.7 Å². The Hall–Kier alpha value is -4.39. The molecule has 0 amide bonds. The van der Waals surface area contributed by atoms with E-state index in [1.165, 1.54) is 12.1 Å². The van der Waals surface area contributed by atoms with Gasteiger partial charge in [-0.15, -0.1) is 5.10 Å². The Kier molecular flexibility index (Phi) is 5.61. The zero-order chi connectivity index (χ0) is 24.7. The fraction of sp³-hybridized carbons (Fsp3) is 0.0417. The molecular weight excluding hydrogens is 493 g/mol. The van der Waals surface area contributed by atoms with Crippen LogP contribution in [-0.2, 0) is 0 Å². The minimum absolute atomic E-state index is 0.0917. The monoisotopic (exact) mass is 505 g/mol. The average molecular weight is 506 g/mol. The summed E-state index contributed by atoms with van der Waals surface area (Å²) in [6.07, 6.45) is 1.60. The first-order chi connectivity index (χ1) is 16.8. The molecule has 3 aromatic heterocycles. The summed E-state index contributed by atoms with van der Waals surface area (Å²) in [5, 5.41) is 13.8. The molecule has 0 radical (unpaired) electrons. The molecule has 11 heteroatoms. The number of nitrogens with one attached hydrogen (secondary N) is 1. The van der Waals surface area contributed by atoms with Gasteiger partial charge in [-0.25, -0.2) is 9.78 Å². The summed E-state index contributed by atoms with van der Waals surface area (Å²) in [7, 11) is 0. The van der Waals surface area contributed by atoms with E-state index in [1.54, 1.807) is 24.5 Å². The summed E-state index contributed by atoms with van der Waals surface area (Å²) in [5.74, 6) is 1.30. The summed E-state index contributed by atoms with van der Waals surface area (Å²) in [6, 6.07) is 15.3. The molecule has 0 unspecified atom stereocenters. The van der Waals surface area contributed by atoms with Crippen molar-refractivity contribution in [2.75, 3.05) is 0 Å². The molecule has 5 aromatic rings. The Balaban J connectivity index is 1.51. The average Bonchev–Trinajstić information content (AvgIpc) is 3.37. The minimum atomic E-state index is -0.886. The van der Waals surface area contributed by atoms with E-state index < -0.39 is 16.9 Å². The van der Waals surface area contributed by atoms with Gasteiger partial charge >= 0.3 is 5.69 Å². The summed E-state index contributed by atoms with van der Waals surface area (Å²) < 4.78 is 12.2. The highest BCUT2D eigenvalue weighted by Gasteiger charge is 2.16. The largest absolute Gasteiger partial charge is 0.463 e. The van der Waals surface area contributed by atoms with Crippen molar-refractivity contribution in [2.24, 2.45) is 0 Å². The third-order valence-corrected chi connectivity index (χ3v) is 5.70. The lowest BCUT2D eigenvalue weighted by molar-refractivity contribution is 0.483. The number of hydrogen-bond donors (Lipinski definition) is 1. The van der Waals surface area contributed by atoms with Crippen LogP contribution in [0, 0.1) is 18.3 Å². The van der Waals surface area contributed by atoms with Crippen LogP contribution in [0.15, 0.2) is 68.8 Å². The number of rotatable bonds is 4. The predicted octanol–water partition coefficient (Wildman–Crippen LogP) is 5.01. The van der Waals surface area contributed by atoms with E-state index in [9.17, 15) is 9.59 Å². The van der Waals surface area contributed by atoms with E-state index in [0.29, 0.717) is 11.5 Å². The minimum Gasteiger partial charge on any atom is -0.463 e. The van der Waals surface area contributed by atoms with E-state index in [-0.39, 0.29) is 21.5 Å². The van der Waals surface area contributed by atoms with Crippen molar-refractivity contribution in [1.29, 1.82) is 5.26 Å². The number of H-pyrrole nitrogens is 1. The van der Waals surface area contributed by atoms with Crippen molar-refractivity contribution in [3.05, 3.63) is 96.9 Å². The normalized spacial score (nSPS) is 10.9. The summed E-state index contributed by atoms with van der Waals surface area (Å²) in [4.78, 5) is 30.4.